The summed E-state index contributed by atoms with van der Waals surface area (Å²) in [5.41, 5.74) is 2.07. The van der Waals surface area contributed by atoms with Crippen molar-refractivity contribution in [2.24, 2.45) is 5.92 Å². The predicted molar refractivity (Wildman–Crippen MR) is 102 cm³/mol. The normalized spacial score (nSPS) is 17.4. The van der Waals surface area contributed by atoms with E-state index in [4.69, 9.17) is 9.72 Å². The van der Waals surface area contributed by atoms with Crippen LogP contribution in [0.1, 0.15) is 43.8 Å². The third kappa shape index (κ3) is 4.31. The zero-order chi connectivity index (χ0) is 19.4. The molecule has 0 radical (unpaired) electrons. The fourth-order valence-corrected chi connectivity index (χ4v) is 3.80. The molecule has 0 aliphatic carbocycles. The zero-order valence-electron chi connectivity index (χ0n) is 16.5. The molecule has 1 aromatic heterocycles. The Hall–Kier alpha value is -2.38. The Balaban J connectivity index is 1.76. The lowest BCUT2D eigenvalue weighted by Crippen LogP contribution is -2.44. The van der Waals surface area contributed by atoms with Crippen LogP contribution in [0, 0.1) is 12.8 Å². The van der Waals surface area contributed by atoms with E-state index in [2.05, 4.69) is 15.2 Å². The van der Waals surface area contributed by atoms with Crippen molar-refractivity contribution >= 4 is 17.8 Å². The van der Waals surface area contributed by atoms with Gasteiger partial charge in [0.2, 0.25) is 0 Å². The number of nitrogens with zero attached hydrogens (tertiary/aromatic N) is 4. The van der Waals surface area contributed by atoms with E-state index in [1.807, 2.05) is 25.7 Å². The molecule has 3 heterocycles. The van der Waals surface area contributed by atoms with E-state index in [1.165, 1.54) is 0 Å². The number of esters is 1. The lowest BCUT2D eigenvalue weighted by Gasteiger charge is -2.36. The lowest BCUT2D eigenvalue weighted by atomic mass is 9.96. The fourth-order valence-electron chi connectivity index (χ4n) is 3.80. The fraction of sp³-hybridized carbons (Fsp3) is 0.684. The van der Waals surface area contributed by atoms with E-state index in [1.54, 1.807) is 0 Å². The number of ether oxygens (including phenoxy) is 1. The van der Waals surface area contributed by atoms with Gasteiger partial charge in [0.15, 0.2) is 0 Å². The first-order chi connectivity index (χ1) is 13.0. The van der Waals surface area contributed by atoms with Crippen LogP contribution in [0.25, 0.3) is 0 Å². The van der Waals surface area contributed by atoms with Crippen molar-refractivity contribution in [1.29, 1.82) is 0 Å². The second-order valence-electron chi connectivity index (χ2n) is 7.04. The Labute approximate surface area is 160 Å². The van der Waals surface area contributed by atoms with Crippen LogP contribution in [0.15, 0.2) is 0 Å². The molecule has 2 aliphatic heterocycles. The number of aromatic nitrogens is 2. The number of hydrogen-bond acceptors (Lipinski definition) is 6. The van der Waals surface area contributed by atoms with Crippen LogP contribution in [0.3, 0.4) is 0 Å². The quantitative estimate of drug-likeness (QED) is 0.805. The summed E-state index contributed by atoms with van der Waals surface area (Å²) in [5.74, 6) is 1.53. The highest BCUT2D eigenvalue weighted by Gasteiger charge is 2.31. The molecule has 1 aromatic rings. The summed E-state index contributed by atoms with van der Waals surface area (Å²) in [4.78, 5) is 37.6. The number of fused-ring (bicyclic) bond motifs is 1. The smallest absolute Gasteiger partial charge is 0.317 e. The predicted octanol–water partition coefficient (Wildman–Crippen LogP) is 1.65. The van der Waals surface area contributed by atoms with Crippen molar-refractivity contribution in [2.45, 2.75) is 46.6 Å². The molecule has 0 spiro atoms. The summed E-state index contributed by atoms with van der Waals surface area (Å²) in [6.07, 6.45) is 2.26. The number of nitrogens with one attached hydrogen (secondary N) is 1. The Bertz CT molecular complexity index is 701. The summed E-state index contributed by atoms with van der Waals surface area (Å²) in [7, 11) is 0. The first-order valence-electron chi connectivity index (χ1n) is 9.84. The van der Waals surface area contributed by atoms with Gasteiger partial charge in [-0.2, -0.15) is 0 Å². The van der Waals surface area contributed by atoms with E-state index in [0.29, 0.717) is 26.2 Å². The Morgan fingerprint density at radius 2 is 1.93 bits per heavy atom. The second kappa shape index (κ2) is 8.54. The number of hydrogen-bond donors (Lipinski definition) is 1. The summed E-state index contributed by atoms with van der Waals surface area (Å²) in [6, 6.07) is -0.0457. The van der Waals surface area contributed by atoms with Crippen molar-refractivity contribution in [3.8, 4) is 0 Å². The average molecular weight is 375 g/mol. The van der Waals surface area contributed by atoms with E-state index in [0.717, 1.165) is 55.3 Å². The number of amides is 2. The molecule has 1 N–H and O–H groups in total. The number of carbonyl (C=O) groups excluding carboxylic acids is 2. The Kier molecular flexibility index (Phi) is 6.13. The molecule has 3 rings (SSSR count). The minimum Gasteiger partial charge on any atom is -0.466 e. The second-order valence-corrected chi connectivity index (χ2v) is 7.04. The molecular weight excluding hydrogens is 346 g/mol. The molecule has 8 heteroatoms. The Morgan fingerprint density at radius 1 is 1.19 bits per heavy atom. The molecular formula is C19H29N5O3. The van der Waals surface area contributed by atoms with Crippen LogP contribution in [-0.2, 0) is 22.5 Å². The van der Waals surface area contributed by atoms with E-state index in [-0.39, 0.29) is 17.9 Å². The molecule has 0 bridgehead atoms. The molecule has 0 atom stereocenters. The third-order valence-electron chi connectivity index (χ3n) is 5.18. The van der Waals surface area contributed by atoms with Gasteiger partial charge < -0.3 is 19.9 Å². The molecule has 8 nitrogen and oxygen atoms in total. The maximum Gasteiger partial charge on any atom is 0.317 e. The Morgan fingerprint density at radius 3 is 2.59 bits per heavy atom. The number of aryl methyl sites for hydroxylation is 1. The number of anilines is 1. The van der Waals surface area contributed by atoms with Gasteiger partial charge in [-0.15, -0.1) is 0 Å². The van der Waals surface area contributed by atoms with E-state index < -0.39 is 0 Å². The topological polar surface area (TPSA) is 87.7 Å². The molecule has 0 unspecified atom stereocenters. The maximum atomic E-state index is 12.3. The molecule has 0 aromatic carbocycles. The number of urea groups is 1. The highest BCUT2D eigenvalue weighted by molar-refractivity contribution is 5.75. The summed E-state index contributed by atoms with van der Waals surface area (Å²) in [6.45, 7) is 9.40. The van der Waals surface area contributed by atoms with E-state index >= 15 is 0 Å². The molecule has 0 saturated carbocycles. The molecule has 1 saturated heterocycles. The van der Waals surface area contributed by atoms with Crippen LogP contribution in [0.4, 0.5) is 10.6 Å². The van der Waals surface area contributed by atoms with Crippen LogP contribution in [0.2, 0.25) is 0 Å². The number of piperidine rings is 1. The maximum absolute atomic E-state index is 12.3. The first-order valence-corrected chi connectivity index (χ1v) is 9.84. The summed E-state index contributed by atoms with van der Waals surface area (Å²) >= 11 is 0. The number of rotatable bonds is 4. The van der Waals surface area contributed by atoms with Crippen LogP contribution < -0.4 is 10.2 Å². The molecule has 148 valence electrons. The monoisotopic (exact) mass is 375 g/mol. The third-order valence-corrected chi connectivity index (χ3v) is 5.18. The van der Waals surface area contributed by atoms with Crippen LogP contribution in [-0.4, -0.2) is 59.7 Å². The van der Waals surface area contributed by atoms with Gasteiger partial charge >= 0.3 is 12.0 Å². The number of carbonyl (C=O) groups is 2. The van der Waals surface area contributed by atoms with Gasteiger partial charge in [-0.3, -0.25) is 4.79 Å². The standard InChI is InChI=1S/C19H29N5O3/c1-4-20-19(26)24-11-8-16-15(12-24)17(22-13(3)21-16)23-9-6-14(7-10-23)18(25)27-5-2/h14H,4-12H2,1-3H3,(H,20,26). The van der Waals surface area contributed by atoms with Crippen molar-refractivity contribution < 1.29 is 14.3 Å². The highest BCUT2D eigenvalue weighted by atomic mass is 16.5. The van der Waals surface area contributed by atoms with Crippen LogP contribution in [0.5, 0.6) is 0 Å². The summed E-state index contributed by atoms with van der Waals surface area (Å²) < 4.78 is 5.16. The lowest BCUT2D eigenvalue weighted by molar-refractivity contribution is -0.148. The van der Waals surface area contributed by atoms with Gasteiger partial charge in [0.1, 0.15) is 11.6 Å². The molecule has 2 aliphatic rings. The van der Waals surface area contributed by atoms with Crippen LogP contribution >= 0.6 is 0 Å². The molecule has 1 fully saturated rings. The van der Waals surface area contributed by atoms with Gasteiger partial charge in [-0.1, -0.05) is 0 Å². The first kappa shape index (κ1) is 19.4. The molecule has 2 amide bonds. The van der Waals surface area contributed by atoms with Gasteiger partial charge in [-0.05, 0) is 33.6 Å². The zero-order valence-corrected chi connectivity index (χ0v) is 16.5. The van der Waals surface area contributed by atoms with Gasteiger partial charge in [0.05, 0.1) is 24.8 Å². The van der Waals surface area contributed by atoms with Gasteiger partial charge in [-0.25, -0.2) is 14.8 Å². The summed E-state index contributed by atoms with van der Waals surface area (Å²) in [5, 5.41) is 2.87. The largest absolute Gasteiger partial charge is 0.466 e. The van der Waals surface area contributed by atoms with Crippen molar-refractivity contribution in [1.82, 2.24) is 20.2 Å². The minimum atomic E-state index is -0.0968. The van der Waals surface area contributed by atoms with E-state index in [9.17, 15) is 9.59 Å². The highest BCUT2D eigenvalue weighted by Crippen LogP contribution is 2.30. The van der Waals surface area contributed by atoms with Crippen molar-refractivity contribution in [3.63, 3.8) is 0 Å². The SMILES string of the molecule is CCNC(=O)N1CCc2nc(C)nc(N3CCC(C(=O)OCC)CC3)c2C1. The molecule has 27 heavy (non-hydrogen) atoms. The average Bonchev–Trinajstić information content (AvgIpc) is 2.67. The van der Waals surface area contributed by atoms with Crippen molar-refractivity contribution in [2.75, 3.05) is 37.7 Å². The van der Waals surface area contributed by atoms with Gasteiger partial charge in [0, 0.05) is 38.2 Å². The van der Waals surface area contributed by atoms with Crippen molar-refractivity contribution in [3.05, 3.63) is 17.1 Å². The van der Waals surface area contributed by atoms with Gasteiger partial charge in [0.25, 0.3) is 0 Å². The minimum absolute atomic E-state index is 0.0354.